The third-order valence-electron chi connectivity index (χ3n) is 1.02. The number of aromatic nitrogens is 2. The first-order chi connectivity index (χ1) is 4.74. The van der Waals surface area contributed by atoms with Crippen LogP contribution >= 0.6 is 11.6 Å². The molecule has 0 atom stereocenters. The van der Waals surface area contributed by atoms with E-state index in [1.54, 1.807) is 6.92 Å². The van der Waals surface area contributed by atoms with Crippen LogP contribution in [-0.4, -0.2) is 9.97 Å². The standard InChI is InChI=1S/C7H5ClN2/c1-3-6-4-9-5(2)10-7(6)8/h1,4H,2H3. The summed E-state index contributed by atoms with van der Waals surface area (Å²) in [5.41, 5.74) is 0.535. The van der Waals surface area contributed by atoms with E-state index in [1.807, 2.05) is 0 Å². The molecule has 0 aliphatic rings. The quantitative estimate of drug-likeness (QED) is 0.415. The third kappa shape index (κ3) is 1.26. The van der Waals surface area contributed by atoms with Crippen molar-refractivity contribution < 1.29 is 0 Å². The first-order valence-electron chi connectivity index (χ1n) is 2.70. The van der Waals surface area contributed by atoms with Gasteiger partial charge in [-0.05, 0) is 6.92 Å². The van der Waals surface area contributed by atoms with Crippen LogP contribution in [-0.2, 0) is 0 Å². The van der Waals surface area contributed by atoms with Gasteiger partial charge in [-0.1, -0.05) is 17.5 Å². The molecular formula is C7H5ClN2. The molecule has 0 aliphatic carbocycles. The fraction of sp³-hybridized carbons (Fsp3) is 0.143. The highest BCUT2D eigenvalue weighted by Crippen LogP contribution is 2.08. The Bertz CT molecular complexity index is 288. The lowest BCUT2D eigenvalue weighted by Gasteiger charge is -1.93. The Labute approximate surface area is 64.3 Å². The van der Waals surface area contributed by atoms with E-state index in [1.165, 1.54) is 6.20 Å². The molecule has 0 spiro atoms. The Morgan fingerprint density at radius 2 is 2.40 bits per heavy atom. The van der Waals surface area contributed by atoms with Crippen molar-refractivity contribution in [2.24, 2.45) is 0 Å². The van der Waals surface area contributed by atoms with Gasteiger partial charge in [0.05, 0.1) is 5.56 Å². The molecule has 3 heteroatoms. The van der Waals surface area contributed by atoms with Gasteiger partial charge in [-0.25, -0.2) is 9.97 Å². The highest BCUT2D eigenvalue weighted by molar-refractivity contribution is 6.30. The minimum Gasteiger partial charge on any atom is -0.240 e. The highest BCUT2D eigenvalue weighted by atomic mass is 35.5. The van der Waals surface area contributed by atoms with Crippen molar-refractivity contribution in [3.63, 3.8) is 0 Å². The number of aryl methyl sites for hydroxylation is 1. The number of rotatable bonds is 0. The average Bonchev–Trinajstić information content (AvgIpc) is 1.88. The summed E-state index contributed by atoms with van der Waals surface area (Å²) in [7, 11) is 0. The van der Waals surface area contributed by atoms with Crippen LogP contribution in [0.1, 0.15) is 11.4 Å². The van der Waals surface area contributed by atoms with E-state index >= 15 is 0 Å². The molecule has 0 amide bonds. The molecule has 0 saturated carbocycles. The first kappa shape index (κ1) is 7.04. The Balaban J connectivity index is 3.23. The summed E-state index contributed by atoms with van der Waals surface area (Å²) < 4.78 is 0. The van der Waals surface area contributed by atoms with Gasteiger partial charge in [0.25, 0.3) is 0 Å². The van der Waals surface area contributed by atoms with E-state index in [9.17, 15) is 0 Å². The van der Waals surface area contributed by atoms with Crippen molar-refractivity contribution in [2.45, 2.75) is 6.92 Å². The molecule has 0 saturated heterocycles. The summed E-state index contributed by atoms with van der Waals surface area (Å²) in [5.74, 6) is 2.99. The van der Waals surface area contributed by atoms with Crippen molar-refractivity contribution >= 4 is 11.6 Å². The Morgan fingerprint density at radius 1 is 1.70 bits per heavy atom. The van der Waals surface area contributed by atoms with Crippen LogP contribution in [0.5, 0.6) is 0 Å². The molecule has 0 N–H and O–H groups in total. The Hall–Kier alpha value is -1.07. The molecule has 0 bridgehead atoms. The molecule has 0 aliphatic heterocycles. The molecule has 10 heavy (non-hydrogen) atoms. The summed E-state index contributed by atoms with van der Waals surface area (Å²) in [6.45, 7) is 1.76. The normalized spacial score (nSPS) is 8.90. The van der Waals surface area contributed by atoms with Gasteiger partial charge in [-0.3, -0.25) is 0 Å². The van der Waals surface area contributed by atoms with Gasteiger partial charge < -0.3 is 0 Å². The molecule has 1 aromatic rings. The Kier molecular flexibility index (Phi) is 1.88. The lowest BCUT2D eigenvalue weighted by Crippen LogP contribution is -1.89. The molecule has 50 valence electrons. The van der Waals surface area contributed by atoms with Crippen LogP contribution in [0.2, 0.25) is 5.15 Å². The van der Waals surface area contributed by atoms with Gasteiger partial charge in [0.15, 0.2) is 0 Å². The van der Waals surface area contributed by atoms with Crippen molar-refractivity contribution in [3.8, 4) is 12.3 Å². The number of hydrogen-bond donors (Lipinski definition) is 0. The van der Waals surface area contributed by atoms with E-state index in [4.69, 9.17) is 18.0 Å². The highest BCUT2D eigenvalue weighted by Gasteiger charge is 1.97. The maximum absolute atomic E-state index is 5.64. The van der Waals surface area contributed by atoms with E-state index in [2.05, 4.69) is 15.9 Å². The number of terminal acetylenes is 1. The van der Waals surface area contributed by atoms with E-state index in [0.717, 1.165) is 0 Å². The molecule has 2 nitrogen and oxygen atoms in total. The Morgan fingerprint density at radius 3 is 2.90 bits per heavy atom. The van der Waals surface area contributed by atoms with Crippen molar-refractivity contribution in [2.75, 3.05) is 0 Å². The summed E-state index contributed by atoms with van der Waals surface area (Å²) in [6, 6.07) is 0. The predicted octanol–water partition coefficient (Wildman–Crippen LogP) is 1.42. The second-order valence-electron chi connectivity index (χ2n) is 1.77. The largest absolute Gasteiger partial charge is 0.240 e. The number of halogens is 1. The average molecular weight is 153 g/mol. The van der Waals surface area contributed by atoms with Crippen molar-refractivity contribution in [1.29, 1.82) is 0 Å². The van der Waals surface area contributed by atoms with Gasteiger partial charge in [0.1, 0.15) is 11.0 Å². The second kappa shape index (κ2) is 2.68. The number of hydrogen-bond acceptors (Lipinski definition) is 2. The smallest absolute Gasteiger partial charge is 0.148 e. The zero-order chi connectivity index (χ0) is 7.56. The predicted molar refractivity (Wildman–Crippen MR) is 39.7 cm³/mol. The molecule has 1 aromatic heterocycles. The van der Waals surface area contributed by atoms with Crippen molar-refractivity contribution in [3.05, 3.63) is 22.7 Å². The fourth-order valence-electron chi connectivity index (χ4n) is 0.539. The summed E-state index contributed by atoms with van der Waals surface area (Å²) >= 11 is 5.64. The molecular weight excluding hydrogens is 148 g/mol. The van der Waals surface area contributed by atoms with Gasteiger partial charge >= 0.3 is 0 Å². The minimum atomic E-state index is 0.343. The van der Waals surface area contributed by atoms with Crippen LogP contribution < -0.4 is 0 Å². The molecule has 1 heterocycles. The van der Waals surface area contributed by atoms with Crippen molar-refractivity contribution in [1.82, 2.24) is 9.97 Å². The molecule has 0 radical (unpaired) electrons. The van der Waals surface area contributed by atoms with E-state index in [-0.39, 0.29) is 0 Å². The minimum absolute atomic E-state index is 0.343. The monoisotopic (exact) mass is 152 g/mol. The zero-order valence-electron chi connectivity index (χ0n) is 5.43. The van der Waals surface area contributed by atoms with Crippen LogP contribution in [0.3, 0.4) is 0 Å². The molecule has 0 unspecified atom stereocenters. The van der Waals surface area contributed by atoms with Gasteiger partial charge in [0.2, 0.25) is 0 Å². The molecule has 1 rings (SSSR count). The second-order valence-corrected chi connectivity index (χ2v) is 2.12. The summed E-state index contributed by atoms with van der Waals surface area (Å²) in [4.78, 5) is 7.73. The van der Waals surface area contributed by atoms with Crippen LogP contribution in [0.4, 0.5) is 0 Å². The maximum Gasteiger partial charge on any atom is 0.148 e. The van der Waals surface area contributed by atoms with E-state index < -0.39 is 0 Å². The lowest BCUT2D eigenvalue weighted by molar-refractivity contribution is 1.05. The maximum atomic E-state index is 5.64. The summed E-state index contributed by atoms with van der Waals surface area (Å²) in [6.07, 6.45) is 6.62. The van der Waals surface area contributed by atoms with Gasteiger partial charge in [0, 0.05) is 6.20 Å². The van der Waals surface area contributed by atoms with Gasteiger partial charge in [-0.15, -0.1) is 6.42 Å². The van der Waals surface area contributed by atoms with Crippen LogP contribution in [0.15, 0.2) is 6.20 Å². The molecule has 0 fully saturated rings. The van der Waals surface area contributed by atoms with E-state index in [0.29, 0.717) is 16.5 Å². The third-order valence-corrected chi connectivity index (χ3v) is 1.31. The summed E-state index contributed by atoms with van der Waals surface area (Å²) in [5, 5.41) is 0.343. The zero-order valence-corrected chi connectivity index (χ0v) is 6.18. The SMILES string of the molecule is C#Cc1cnc(C)nc1Cl. The van der Waals surface area contributed by atoms with Crippen LogP contribution in [0.25, 0.3) is 0 Å². The molecule has 0 aromatic carbocycles. The fourth-order valence-corrected chi connectivity index (χ4v) is 0.765. The van der Waals surface area contributed by atoms with Gasteiger partial charge in [-0.2, -0.15) is 0 Å². The topological polar surface area (TPSA) is 25.8 Å². The lowest BCUT2D eigenvalue weighted by atomic mass is 10.4. The first-order valence-corrected chi connectivity index (χ1v) is 3.07. The van der Waals surface area contributed by atoms with Crippen LogP contribution in [0, 0.1) is 19.3 Å². The number of nitrogens with zero attached hydrogens (tertiary/aromatic N) is 2.